The number of nitrogens with one attached hydrogen (secondary N) is 1. The standard InChI is InChI=1S/C18H24N4O2S/c19-17-21-15(12-25-17)11-20-13-18(24)8-4-9-22(16(18)23)10-7-14-5-2-1-3-6-14/h1-3,5-6,12,20,24H,4,7-11,13H2,(H2,19,21). The maximum Gasteiger partial charge on any atom is 0.255 e. The van der Waals surface area contributed by atoms with Crippen LogP contribution >= 0.6 is 11.3 Å². The number of likely N-dealkylation sites (tertiary alicyclic amines) is 1. The second-order valence-corrected chi connectivity index (χ2v) is 7.33. The van der Waals surface area contributed by atoms with Crippen molar-refractivity contribution in [2.45, 2.75) is 31.4 Å². The highest BCUT2D eigenvalue weighted by Gasteiger charge is 2.41. The number of hydrogen-bond acceptors (Lipinski definition) is 6. The second-order valence-electron chi connectivity index (χ2n) is 6.44. The quantitative estimate of drug-likeness (QED) is 0.694. The lowest BCUT2D eigenvalue weighted by Crippen LogP contribution is -2.58. The first kappa shape index (κ1) is 17.8. The zero-order chi connectivity index (χ0) is 17.7. The minimum atomic E-state index is -1.34. The van der Waals surface area contributed by atoms with E-state index in [0.29, 0.717) is 31.2 Å². The molecule has 0 radical (unpaired) electrons. The average molecular weight is 360 g/mol. The van der Waals surface area contributed by atoms with Crippen molar-refractivity contribution in [1.29, 1.82) is 0 Å². The fraction of sp³-hybridized carbons (Fsp3) is 0.444. The van der Waals surface area contributed by atoms with Crippen LogP contribution in [0.15, 0.2) is 35.7 Å². The Hall–Kier alpha value is -1.96. The molecule has 1 atom stereocenters. The Kier molecular flexibility index (Phi) is 5.67. The number of aliphatic hydroxyl groups is 1. The molecule has 1 aromatic heterocycles. The van der Waals surface area contributed by atoms with E-state index in [2.05, 4.69) is 22.4 Å². The van der Waals surface area contributed by atoms with Crippen LogP contribution in [-0.2, 0) is 17.8 Å². The summed E-state index contributed by atoms with van der Waals surface area (Å²) in [6.45, 7) is 2.06. The molecule has 0 spiro atoms. The summed E-state index contributed by atoms with van der Waals surface area (Å²) in [5, 5.41) is 16.3. The molecule has 0 bridgehead atoms. The van der Waals surface area contributed by atoms with E-state index in [1.807, 2.05) is 23.6 Å². The van der Waals surface area contributed by atoms with E-state index in [-0.39, 0.29) is 12.5 Å². The molecule has 0 saturated carbocycles. The molecule has 3 rings (SSSR count). The van der Waals surface area contributed by atoms with Crippen LogP contribution in [0, 0.1) is 0 Å². The Bertz CT molecular complexity index is 706. The highest BCUT2D eigenvalue weighted by molar-refractivity contribution is 7.13. The van der Waals surface area contributed by atoms with Gasteiger partial charge in [0.2, 0.25) is 0 Å². The van der Waals surface area contributed by atoms with Crippen molar-refractivity contribution >= 4 is 22.4 Å². The minimum absolute atomic E-state index is 0.181. The Morgan fingerprint density at radius 3 is 2.88 bits per heavy atom. The van der Waals surface area contributed by atoms with E-state index >= 15 is 0 Å². The molecule has 2 aromatic rings. The molecule has 1 aliphatic rings. The summed E-state index contributed by atoms with van der Waals surface area (Å²) in [5.74, 6) is -0.181. The van der Waals surface area contributed by atoms with Crippen molar-refractivity contribution < 1.29 is 9.90 Å². The molecule has 4 N–H and O–H groups in total. The zero-order valence-corrected chi connectivity index (χ0v) is 15.0. The largest absolute Gasteiger partial charge is 0.379 e. The van der Waals surface area contributed by atoms with Gasteiger partial charge in [-0.2, -0.15) is 0 Å². The van der Waals surface area contributed by atoms with E-state index in [4.69, 9.17) is 5.73 Å². The molecule has 7 heteroatoms. The van der Waals surface area contributed by atoms with Gasteiger partial charge < -0.3 is 21.1 Å². The van der Waals surface area contributed by atoms with E-state index in [0.717, 1.165) is 18.5 Å². The highest BCUT2D eigenvalue weighted by atomic mass is 32.1. The second kappa shape index (κ2) is 7.95. The van der Waals surface area contributed by atoms with Crippen LogP contribution in [0.2, 0.25) is 0 Å². The number of piperidine rings is 1. The van der Waals surface area contributed by atoms with Gasteiger partial charge in [0.1, 0.15) is 0 Å². The molecule has 1 unspecified atom stereocenters. The minimum Gasteiger partial charge on any atom is -0.379 e. The van der Waals surface area contributed by atoms with Gasteiger partial charge in [0.15, 0.2) is 10.7 Å². The van der Waals surface area contributed by atoms with Crippen LogP contribution in [0.25, 0.3) is 0 Å². The van der Waals surface area contributed by atoms with Gasteiger partial charge in [-0.1, -0.05) is 30.3 Å². The summed E-state index contributed by atoms with van der Waals surface area (Å²) in [7, 11) is 0. The summed E-state index contributed by atoms with van der Waals surface area (Å²) in [4.78, 5) is 18.7. The van der Waals surface area contributed by atoms with Gasteiger partial charge in [-0.05, 0) is 24.8 Å². The van der Waals surface area contributed by atoms with E-state index < -0.39 is 5.60 Å². The smallest absolute Gasteiger partial charge is 0.255 e. The number of amides is 1. The molecule has 1 aromatic carbocycles. The number of nitrogens with zero attached hydrogens (tertiary/aromatic N) is 2. The SMILES string of the molecule is Nc1nc(CNCC2(O)CCCN(CCc3ccccc3)C2=O)cs1. The van der Waals surface area contributed by atoms with Crippen molar-refractivity contribution in [2.24, 2.45) is 0 Å². The van der Waals surface area contributed by atoms with Gasteiger partial charge in [-0.15, -0.1) is 11.3 Å². The predicted octanol–water partition coefficient (Wildman–Crippen LogP) is 1.41. The molecule has 134 valence electrons. The first-order valence-electron chi connectivity index (χ1n) is 8.53. The van der Waals surface area contributed by atoms with Crippen LogP contribution in [0.1, 0.15) is 24.1 Å². The third-order valence-electron chi connectivity index (χ3n) is 4.51. The molecule has 1 fully saturated rings. The normalized spacial score (nSPS) is 20.8. The van der Waals surface area contributed by atoms with Crippen molar-refractivity contribution in [2.75, 3.05) is 25.4 Å². The average Bonchev–Trinajstić information content (AvgIpc) is 3.03. The Morgan fingerprint density at radius 2 is 2.16 bits per heavy atom. The Balaban J connectivity index is 1.52. The van der Waals surface area contributed by atoms with Gasteiger partial charge in [0.25, 0.3) is 5.91 Å². The maximum absolute atomic E-state index is 12.7. The van der Waals surface area contributed by atoms with Gasteiger partial charge in [-0.3, -0.25) is 4.79 Å². The first-order valence-corrected chi connectivity index (χ1v) is 9.41. The Morgan fingerprint density at radius 1 is 1.36 bits per heavy atom. The number of carbonyl (C=O) groups excluding carboxylic acids is 1. The summed E-state index contributed by atoms with van der Waals surface area (Å²) in [5.41, 5.74) is 6.30. The Labute approximate surface area is 151 Å². The number of benzene rings is 1. The van der Waals surface area contributed by atoms with Crippen LogP contribution < -0.4 is 11.1 Å². The van der Waals surface area contributed by atoms with Gasteiger partial charge in [0, 0.05) is 31.6 Å². The van der Waals surface area contributed by atoms with Gasteiger partial charge >= 0.3 is 0 Å². The lowest BCUT2D eigenvalue weighted by molar-refractivity contribution is -0.156. The van der Waals surface area contributed by atoms with Gasteiger partial charge in [-0.25, -0.2) is 4.98 Å². The summed E-state index contributed by atoms with van der Waals surface area (Å²) in [6.07, 6.45) is 2.09. The fourth-order valence-corrected chi connectivity index (χ4v) is 3.72. The third kappa shape index (κ3) is 4.56. The van der Waals surface area contributed by atoms with Crippen molar-refractivity contribution in [3.63, 3.8) is 0 Å². The molecular formula is C18H24N4O2S. The molecular weight excluding hydrogens is 336 g/mol. The number of carbonyl (C=O) groups is 1. The molecule has 1 amide bonds. The fourth-order valence-electron chi connectivity index (χ4n) is 3.15. The molecule has 1 saturated heterocycles. The summed E-state index contributed by atoms with van der Waals surface area (Å²) in [6, 6.07) is 10.1. The molecule has 25 heavy (non-hydrogen) atoms. The molecule has 0 aliphatic carbocycles. The molecule has 6 nitrogen and oxygen atoms in total. The number of aromatic nitrogens is 1. The zero-order valence-electron chi connectivity index (χ0n) is 14.1. The van der Waals surface area contributed by atoms with Crippen molar-refractivity contribution in [3.05, 3.63) is 47.0 Å². The molecule has 1 aliphatic heterocycles. The number of thiazole rings is 1. The number of hydrogen-bond donors (Lipinski definition) is 3. The van der Waals surface area contributed by atoms with E-state index in [1.165, 1.54) is 16.9 Å². The maximum atomic E-state index is 12.7. The topological polar surface area (TPSA) is 91.5 Å². The number of nitrogen functional groups attached to an aromatic ring is 1. The number of anilines is 1. The number of rotatable bonds is 7. The lowest BCUT2D eigenvalue weighted by Gasteiger charge is -2.38. The molecule has 2 heterocycles. The third-order valence-corrected chi connectivity index (χ3v) is 5.23. The van der Waals surface area contributed by atoms with Crippen LogP contribution in [-0.4, -0.2) is 46.1 Å². The van der Waals surface area contributed by atoms with Crippen molar-refractivity contribution in [1.82, 2.24) is 15.2 Å². The summed E-state index contributed by atoms with van der Waals surface area (Å²) < 4.78 is 0. The summed E-state index contributed by atoms with van der Waals surface area (Å²) >= 11 is 1.38. The highest BCUT2D eigenvalue weighted by Crippen LogP contribution is 2.23. The van der Waals surface area contributed by atoms with E-state index in [1.54, 1.807) is 4.90 Å². The monoisotopic (exact) mass is 360 g/mol. The predicted molar refractivity (Wildman–Crippen MR) is 99.1 cm³/mol. The first-order chi connectivity index (χ1) is 12.1. The van der Waals surface area contributed by atoms with Crippen LogP contribution in [0.5, 0.6) is 0 Å². The van der Waals surface area contributed by atoms with E-state index in [9.17, 15) is 9.90 Å². The van der Waals surface area contributed by atoms with Crippen molar-refractivity contribution in [3.8, 4) is 0 Å². The van der Waals surface area contributed by atoms with Crippen LogP contribution in [0.3, 0.4) is 0 Å². The number of nitrogens with two attached hydrogens (primary N) is 1. The van der Waals surface area contributed by atoms with Gasteiger partial charge in [0.05, 0.1) is 5.69 Å². The van der Waals surface area contributed by atoms with Crippen LogP contribution in [0.4, 0.5) is 5.13 Å². The lowest BCUT2D eigenvalue weighted by atomic mass is 9.91.